The van der Waals surface area contributed by atoms with Crippen LogP contribution in [0.4, 0.5) is 0 Å². The summed E-state index contributed by atoms with van der Waals surface area (Å²) in [6.45, 7) is 1.62. The van der Waals surface area contributed by atoms with Crippen molar-refractivity contribution >= 4 is 32.5 Å². The monoisotopic (exact) mass is 302 g/mol. The molecule has 0 saturated carbocycles. The Labute approximate surface area is 115 Å². The van der Waals surface area contributed by atoms with Crippen molar-refractivity contribution in [3.63, 3.8) is 0 Å². The first-order chi connectivity index (χ1) is 8.66. The Kier molecular flexibility index (Phi) is 2.98. The molecular formula is C16H15BrO. The SMILES string of the molecule is CC(=O)c1ccc2c3c(cc(Br)c2c1)CCCC3. The van der Waals surface area contributed by atoms with Crippen molar-refractivity contribution in [3.05, 3.63) is 45.4 Å². The number of halogens is 1. The molecule has 0 unspecified atom stereocenters. The maximum Gasteiger partial charge on any atom is 0.159 e. The van der Waals surface area contributed by atoms with E-state index >= 15 is 0 Å². The predicted molar refractivity (Wildman–Crippen MR) is 78.3 cm³/mol. The van der Waals surface area contributed by atoms with E-state index < -0.39 is 0 Å². The number of Topliss-reactive ketones (excluding diaryl/α,β-unsaturated/α-hetero) is 1. The molecule has 0 saturated heterocycles. The van der Waals surface area contributed by atoms with E-state index in [1.54, 1.807) is 6.92 Å². The van der Waals surface area contributed by atoms with Gasteiger partial charge in [-0.3, -0.25) is 4.79 Å². The van der Waals surface area contributed by atoms with Crippen LogP contribution < -0.4 is 0 Å². The van der Waals surface area contributed by atoms with Gasteiger partial charge in [-0.1, -0.05) is 28.1 Å². The van der Waals surface area contributed by atoms with Crippen LogP contribution in [0.1, 0.15) is 41.3 Å². The Bertz CT molecular complexity index is 643. The fraction of sp³-hybridized carbons (Fsp3) is 0.312. The predicted octanol–water partition coefficient (Wildman–Crippen LogP) is 4.68. The number of aryl methyl sites for hydroxylation is 2. The van der Waals surface area contributed by atoms with Gasteiger partial charge in [0.05, 0.1) is 0 Å². The van der Waals surface area contributed by atoms with Gasteiger partial charge >= 0.3 is 0 Å². The van der Waals surface area contributed by atoms with Crippen LogP contribution in [-0.2, 0) is 12.8 Å². The number of hydrogen-bond donors (Lipinski definition) is 0. The summed E-state index contributed by atoms with van der Waals surface area (Å²) in [7, 11) is 0. The highest BCUT2D eigenvalue weighted by atomic mass is 79.9. The van der Waals surface area contributed by atoms with Gasteiger partial charge in [-0.2, -0.15) is 0 Å². The molecular weight excluding hydrogens is 288 g/mol. The van der Waals surface area contributed by atoms with Gasteiger partial charge in [0, 0.05) is 10.0 Å². The highest BCUT2D eigenvalue weighted by Gasteiger charge is 2.15. The van der Waals surface area contributed by atoms with E-state index in [9.17, 15) is 4.79 Å². The second-order valence-corrected chi connectivity index (χ2v) is 5.87. The molecule has 18 heavy (non-hydrogen) atoms. The number of benzene rings is 2. The van der Waals surface area contributed by atoms with Gasteiger partial charge in [0.15, 0.2) is 5.78 Å². The lowest BCUT2D eigenvalue weighted by Gasteiger charge is -2.19. The number of carbonyl (C=O) groups is 1. The molecule has 3 rings (SSSR count). The average Bonchev–Trinajstić information content (AvgIpc) is 2.38. The molecule has 2 heteroatoms. The second-order valence-electron chi connectivity index (χ2n) is 5.02. The van der Waals surface area contributed by atoms with Crippen molar-refractivity contribution in [1.29, 1.82) is 0 Å². The lowest BCUT2D eigenvalue weighted by molar-refractivity contribution is 0.101. The molecule has 0 aromatic heterocycles. The summed E-state index contributed by atoms with van der Waals surface area (Å²) in [6.07, 6.45) is 4.91. The van der Waals surface area contributed by atoms with E-state index in [1.165, 1.54) is 47.6 Å². The summed E-state index contributed by atoms with van der Waals surface area (Å²) in [6, 6.07) is 8.31. The Balaban J connectivity index is 2.31. The van der Waals surface area contributed by atoms with Gasteiger partial charge in [-0.05, 0) is 66.6 Å². The first-order valence-corrected chi connectivity index (χ1v) is 7.21. The van der Waals surface area contributed by atoms with Gasteiger partial charge in [0.25, 0.3) is 0 Å². The number of fused-ring (bicyclic) bond motifs is 3. The molecule has 0 heterocycles. The van der Waals surface area contributed by atoms with Crippen molar-refractivity contribution in [2.75, 3.05) is 0 Å². The van der Waals surface area contributed by atoms with Crippen LogP contribution >= 0.6 is 15.9 Å². The fourth-order valence-electron chi connectivity index (χ4n) is 2.85. The van der Waals surface area contributed by atoms with Crippen molar-refractivity contribution in [1.82, 2.24) is 0 Å². The maximum absolute atomic E-state index is 11.5. The summed E-state index contributed by atoms with van der Waals surface area (Å²) in [5.74, 6) is 0.126. The summed E-state index contributed by atoms with van der Waals surface area (Å²) in [5, 5.41) is 2.48. The van der Waals surface area contributed by atoms with Gasteiger partial charge in [-0.15, -0.1) is 0 Å². The largest absolute Gasteiger partial charge is 0.295 e. The van der Waals surface area contributed by atoms with Crippen LogP contribution in [0.3, 0.4) is 0 Å². The van der Waals surface area contributed by atoms with Gasteiger partial charge in [0.2, 0.25) is 0 Å². The second kappa shape index (κ2) is 4.51. The first kappa shape index (κ1) is 11.9. The third-order valence-electron chi connectivity index (χ3n) is 3.82. The molecule has 2 aromatic carbocycles. The van der Waals surface area contributed by atoms with E-state index in [-0.39, 0.29) is 5.78 Å². The highest BCUT2D eigenvalue weighted by Crippen LogP contribution is 2.34. The minimum absolute atomic E-state index is 0.126. The van der Waals surface area contributed by atoms with E-state index in [0.29, 0.717) is 0 Å². The Morgan fingerprint density at radius 1 is 1.11 bits per heavy atom. The lowest BCUT2D eigenvalue weighted by atomic mass is 9.87. The highest BCUT2D eigenvalue weighted by molar-refractivity contribution is 9.10. The molecule has 92 valence electrons. The Morgan fingerprint density at radius 2 is 1.89 bits per heavy atom. The molecule has 2 aromatic rings. The van der Waals surface area contributed by atoms with Crippen molar-refractivity contribution in [2.24, 2.45) is 0 Å². The van der Waals surface area contributed by atoms with E-state index in [0.717, 1.165) is 10.0 Å². The topological polar surface area (TPSA) is 17.1 Å². The quantitative estimate of drug-likeness (QED) is 0.699. The van der Waals surface area contributed by atoms with E-state index in [2.05, 4.69) is 28.1 Å². The lowest BCUT2D eigenvalue weighted by Crippen LogP contribution is -2.04. The average molecular weight is 303 g/mol. The maximum atomic E-state index is 11.5. The smallest absolute Gasteiger partial charge is 0.159 e. The minimum Gasteiger partial charge on any atom is -0.295 e. The molecule has 0 spiro atoms. The standard InChI is InChI=1S/C16H15BrO/c1-10(18)11-6-7-14-13-5-3-2-4-12(13)9-16(17)15(14)8-11/h6-9H,2-5H2,1H3. The van der Waals surface area contributed by atoms with Crippen LogP contribution in [0.2, 0.25) is 0 Å². The number of rotatable bonds is 1. The zero-order chi connectivity index (χ0) is 12.7. The van der Waals surface area contributed by atoms with Crippen molar-refractivity contribution in [2.45, 2.75) is 32.6 Å². The van der Waals surface area contributed by atoms with Crippen molar-refractivity contribution in [3.8, 4) is 0 Å². The van der Waals surface area contributed by atoms with E-state index in [4.69, 9.17) is 0 Å². The van der Waals surface area contributed by atoms with Crippen molar-refractivity contribution < 1.29 is 4.79 Å². The molecule has 1 nitrogen and oxygen atoms in total. The molecule has 0 amide bonds. The molecule has 0 aliphatic heterocycles. The van der Waals surface area contributed by atoms with E-state index in [1.807, 2.05) is 12.1 Å². The first-order valence-electron chi connectivity index (χ1n) is 6.42. The minimum atomic E-state index is 0.126. The molecule has 0 fully saturated rings. The number of hydrogen-bond acceptors (Lipinski definition) is 1. The summed E-state index contributed by atoms with van der Waals surface area (Å²) >= 11 is 3.65. The Morgan fingerprint density at radius 3 is 2.67 bits per heavy atom. The third kappa shape index (κ3) is 1.89. The fourth-order valence-corrected chi connectivity index (χ4v) is 3.45. The zero-order valence-corrected chi connectivity index (χ0v) is 12.0. The number of ketones is 1. The molecule has 0 atom stereocenters. The van der Waals surface area contributed by atoms with Crippen LogP contribution in [0, 0.1) is 0 Å². The van der Waals surface area contributed by atoms with Crippen LogP contribution in [0.25, 0.3) is 10.8 Å². The van der Waals surface area contributed by atoms with Gasteiger partial charge in [-0.25, -0.2) is 0 Å². The number of carbonyl (C=O) groups excluding carboxylic acids is 1. The molecule has 1 aliphatic carbocycles. The van der Waals surface area contributed by atoms with Crippen LogP contribution in [0.15, 0.2) is 28.7 Å². The third-order valence-corrected chi connectivity index (χ3v) is 4.48. The molecule has 0 bridgehead atoms. The summed E-state index contributed by atoms with van der Waals surface area (Å²) in [5.41, 5.74) is 3.74. The molecule has 0 radical (unpaired) electrons. The van der Waals surface area contributed by atoms with Crippen LogP contribution in [0.5, 0.6) is 0 Å². The normalized spacial score (nSPS) is 14.6. The van der Waals surface area contributed by atoms with Gasteiger partial charge < -0.3 is 0 Å². The van der Waals surface area contributed by atoms with Crippen LogP contribution in [-0.4, -0.2) is 5.78 Å². The zero-order valence-electron chi connectivity index (χ0n) is 10.4. The summed E-state index contributed by atoms with van der Waals surface area (Å²) in [4.78, 5) is 11.5. The molecule has 0 N–H and O–H groups in total. The van der Waals surface area contributed by atoms with Gasteiger partial charge in [0.1, 0.15) is 0 Å². The summed E-state index contributed by atoms with van der Waals surface area (Å²) < 4.78 is 1.11. The molecule has 1 aliphatic rings. The Hall–Kier alpha value is -1.15.